The van der Waals surface area contributed by atoms with Crippen molar-refractivity contribution >= 4 is 24.9 Å². The molecule has 0 aromatic rings. The molecule has 0 amide bonds. The predicted molar refractivity (Wildman–Crippen MR) is 50.2 cm³/mol. The summed E-state index contributed by atoms with van der Waals surface area (Å²) in [5.74, 6) is 0. The van der Waals surface area contributed by atoms with Crippen molar-refractivity contribution in [3.63, 3.8) is 0 Å². The van der Waals surface area contributed by atoms with Crippen LogP contribution in [-0.2, 0) is 20.9 Å². The van der Waals surface area contributed by atoms with Gasteiger partial charge in [-0.25, -0.2) is 0 Å². The smallest absolute Gasteiger partial charge is 0.484 e. The summed E-state index contributed by atoms with van der Waals surface area (Å²) < 4.78 is 22.7. The number of hydrogen-bond acceptors (Lipinski definition) is 6. The quantitative estimate of drug-likeness (QED) is 0.602. The van der Waals surface area contributed by atoms with E-state index in [1.807, 2.05) is 0 Å². The molecule has 0 atom stereocenters. The highest BCUT2D eigenvalue weighted by Crippen LogP contribution is 1.97. The van der Waals surface area contributed by atoms with Crippen LogP contribution in [0.3, 0.4) is 0 Å². The fourth-order valence-corrected chi connectivity index (χ4v) is 1.10. The minimum atomic E-state index is -3.17. The van der Waals surface area contributed by atoms with E-state index in [4.69, 9.17) is 4.80 Å². The molecular formula is C5H17AlO6Si. The fourth-order valence-electron chi connectivity index (χ4n) is 0.368. The Hall–Kier alpha value is 0.509. The first kappa shape index (κ1) is 16.0. The third kappa shape index (κ3) is 10.4. The second-order valence-electron chi connectivity index (χ2n) is 1.83. The zero-order valence-corrected chi connectivity index (χ0v) is 11.1. The molecule has 0 radical (unpaired) electrons. The molecule has 0 aliphatic heterocycles. The zero-order valence-electron chi connectivity index (χ0n) is 8.70. The van der Waals surface area contributed by atoms with Gasteiger partial charge < -0.3 is 25.7 Å². The molecular weight excluding hydrogens is 211 g/mol. The van der Waals surface area contributed by atoms with Gasteiger partial charge in [0, 0.05) is 35.5 Å². The van der Waals surface area contributed by atoms with E-state index >= 15 is 0 Å². The van der Waals surface area contributed by atoms with Gasteiger partial charge in [0.15, 0.2) is 0 Å². The van der Waals surface area contributed by atoms with E-state index in [0.29, 0.717) is 0 Å². The zero-order chi connectivity index (χ0) is 10.7. The molecule has 0 fully saturated rings. The van der Waals surface area contributed by atoms with Crippen LogP contribution in [-0.4, -0.2) is 65.3 Å². The molecule has 0 aliphatic rings. The Labute approximate surface area is 86.6 Å². The summed E-state index contributed by atoms with van der Waals surface area (Å²) in [5, 5.41) is 0. The second kappa shape index (κ2) is 10.6. The molecule has 0 aromatic carbocycles. The van der Waals surface area contributed by atoms with Gasteiger partial charge in [0.1, 0.15) is 0 Å². The standard InChI is InChI=1S/C3H10O4Si.2CH3O.Al.H/c1-5-8(4,6-2)7-3;2*1-2;;/h4H,1-3H3;2*1H3;;/q;2*-1;+2;. The van der Waals surface area contributed by atoms with Crippen LogP contribution in [0, 0.1) is 0 Å². The van der Waals surface area contributed by atoms with Crippen molar-refractivity contribution in [3.8, 4) is 0 Å². The number of rotatable bonds is 5. The normalized spacial score (nSPS) is 10.3. The van der Waals surface area contributed by atoms with Crippen LogP contribution in [0.1, 0.15) is 0 Å². The number of hydrogen-bond donors (Lipinski definition) is 1. The van der Waals surface area contributed by atoms with Gasteiger partial charge in [0.05, 0.1) is 0 Å². The maximum Gasteiger partial charge on any atom is 0.676 e. The largest absolute Gasteiger partial charge is 0.676 e. The fraction of sp³-hybridized carbons (Fsp3) is 1.00. The van der Waals surface area contributed by atoms with Crippen molar-refractivity contribution in [3.05, 3.63) is 0 Å². The molecule has 8 heteroatoms. The Morgan fingerprint density at radius 1 is 0.846 bits per heavy atom. The lowest BCUT2D eigenvalue weighted by atomic mass is 11.8. The van der Waals surface area contributed by atoms with Gasteiger partial charge in [-0.15, -0.1) is 0 Å². The molecule has 0 aromatic heterocycles. The van der Waals surface area contributed by atoms with Crippen LogP contribution in [0.25, 0.3) is 0 Å². The molecule has 0 unspecified atom stereocenters. The van der Waals surface area contributed by atoms with E-state index in [0.717, 1.165) is 0 Å². The second-order valence-corrected chi connectivity index (χ2v) is 5.49. The summed E-state index contributed by atoms with van der Waals surface area (Å²) in [7, 11) is 4.12. The lowest BCUT2D eigenvalue weighted by Gasteiger charge is -2.14. The summed E-state index contributed by atoms with van der Waals surface area (Å²) in [5.41, 5.74) is 0. The summed E-state index contributed by atoms with van der Waals surface area (Å²) in [6, 6.07) is 0. The summed E-state index contributed by atoms with van der Waals surface area (Å²) in [6.45, 7) is 0. The molecule has 0 heterocycles. The van der Waals surface area contributed by atoms with E-state index in [1.54, 1.807) is 14.2 Å². The van der Waals surface area contributed by atoms with E-state index in [2.05, 4.69) is 20.9 Å². The minimum Gasteiger partial charge on any atom is -0.484 e. The summed E-state index contributed by atoms with van der Waals surface area (Å²) in [4.78, 5) is 8.91. The molecule has 6 nitrogen and oxygen atoms in total. The summed E-state index contributed by atoms with van der Waals surface area (Å²) >= 11 is -0.568. The van der Waals surface area contributed by atoms with Crippen molar-refractivity contribution in [1.29, 1.82) is 0 Å². The third-order valence-electron chi connectivity index (χ3n) is 1.01. The Morgan fingerprint density at radius 3 is 1.15 bits per heavy atom. The molecule has 1 N–H and O–H groups in total. The van der Waals surface area contributed by atoms with Crippen molar-refractivity contribution in [2.75, 3.05) is 35.5 Å². The summed E-state index contributed by atoms with van der Waals surface area (Å²) in [6.07, 6.45) is 0. The van der Waals surface area contributed by atoms with Crippen molar-refractivity contribution in [1.82, 2.24) is 0 Å². The first-order valence-electron chi connectivity index (χ1n) is 3.45. The Bertz CT molecular complexity index is 90.8. The van der Waals surface area contributed by atoms with Crippen LogP contribution >= 0.6 is 0 Å². The molecule has 0 rings (SSSR count). The molecule has 0 bridgehead atoms. The van der Waals surface area contributed by atoms with Crippen LogP contribution in [0.15, 0.2) is 0 Å². The highest BCUT2D eigenvalue weighted by molar-refractivity contribution is 6.51. The topological polar surface area (TPSA) is 66.4 Å². The minimum absolute atomic E-state index is 0.568. The molecule has 0 saturated heterocycles. The maximum absolute atomic E-state index is 8.91. The molecule has 13 heavy (non-hydrogen) atoms. The van der Waals surface area contributed by atoms with Crippen LogP contribution in [0.4, 0.5) is 0 Å². The van der Waals surface area contributed by atoms with Gasteiger partial charge in [-0.3, -0.25) is 0 Å². The SMILES string of the molecule is CO[Si](O)(OC)OC.C[O][AlH][O]C. The van der Waals surface area contributed by atoms with E-state index in [1.165, 1.54) is 21.3 Å². The van der Waals surface area contributed by atoms with Gasteiger partial charge in [0.2, 0.25) is 0 Å². The third-order valence-corrected chi connectivity index (χ3v) is 3.03. The Kier molecular flexibility index (Phi) is 13.0. The highest BCUT2D eigenvalue weighted by atomic mass is 28.4. The molecule has 0 aliphatic carbocycles. The van der Waals surface area contributed by atoms with E-state index in [9.17, 15) is 0 Å². The van der Waals surface area contributed by atoms with Gasteiger partial charge in [0.25, 0.3) is 0 Å². The average Bonchev–Trinajstić information content (AvgIpc) is 2.19. The Morgan fingerprint density at radius 2 is 1.15 bits per heavy atom. The Balaban J connectivity index is 0. The maximum atomic E-state index is 8.91. The van der Waals surface area contributed by atoms with Crippen molar-refractivity contribution < 1.29 is 25.7 Å². The predicted octanol–water partition coefficient (Wildman–Crippen LogP) is -1.10. The van der Waals surface area contributed by atoms with Crippen LogP contribution in [0.2, 0.25) is 0 Å². The van der Waals surface area contributed by atoms with Crippen LogP contribution < -0.4 is 0 Å². The van der Waals surface area contributed by atoms with Crippen molar-refractivity contribution in [2.24, 2.45) is 0 Å². The highest BCUT2D eigenvalue weighted by Gasteiger charge is 2.36. The van der Waals surface area contributed by atoms with Gasteiger partial charge >= 0.3 is 24.9 Å². The average molecular weight is 228 g/mol. The first-order valence-corrected chi connectivity index (χ1v) is 6.28. The van der Waals surface area contributed by atoms with Crippen LogP contribution in [0.5, 0.6) is 0 Å². The molecule has 0 spiro atoms. The molecule has 0 saturated carbocycles. The van der Waals surface area contributed by atoms with E-state index < -0.39 is 24.9 Å². The lowest BCUT2D eigenvalue weighted by Crippen LogP contribution is -2.42. The first-order chi connectivity index (χ1) is 6.10. The van der Waals surface area contributed by atoms with Gasteiger partial charge in [-0.05, 0) is 0 Å². The van der Waals surface area contributed by atoms with Gasteiger partial charge in [-0.1, -0.05) is 0 Å². The van der Waals surface area contributed by atoms with Crippen molar-refractivity contribution in [2.45, 2.75) is 0 Å². The van der Waals surface area contributed by atoms with E-state index in [-0.39, 0.29) is 0 Å². The lowest BCUT2D eigenvalue weighted by molar-refractivity contribution is 0.0418. The molecule has 80 valence electrons. The monoisotopic (exact) mass is 228 g/mol. The van der Waals surface area contributed by atoms with Gasteiger partial charge in [-0.2, -0.15) is 0 Å².